The van der Waals surface area contributed by atoms with E-state index in [2.05, 4.69) is 20.6 Å². The highest BCUT2D eigenvalue weighted by Crippen LogP contribution is 2.29. The van der Waals surface area contributed by atoms with Crippen LogP contribution in [0, 0.1) is 0 Å². The molecule has 5 aliphatic heterocycles. The van der Waals surface area contributed by atoms with Crippen molar-refractivity contribution in [2.24, 2.45) is 0 Å². The molecule has 2 atom stereocenters. The van der Waals surface area contributed by atoms with E-state index in [4.69, 9.17) is 14.2 Å². The molecule has 1 aromatic heterocycles. The first-order valence-corrected chi connectivity index (χ1v) is 13.3. The Kier molecular flexibility index (Phi) is 8.47. The maximum atomic E-state index is 13.1. The third kappa shape index (κ3) is 6.83. The van der Waals surface area contributed by atoms with Gasteiger partial charge in [0.15, 0.2) is 18.1 Å². The highest BCUT2D eigenvalue weighted by molar-refractivity contribution is 5.93. The van der Waals surface area contributed by atoms with Gasteiger partial charge in [-0.3, -0.25) is 19.2 Å². The van der Waals surface area contributed by atoms with E-state index in [1.807, 2.05) is 30.3 Å². The topological polar surface area (TPSA) is 152 Å². The summed E-state index contributed by atoms with van der Waals surface area (Å²) in [6.07, 6.45) is 3.22. The Hall–Kier alpha value is -4.87. The fourth-order valence-electron chi connectivity index (χ4n) is 4.85. The fourth-order valence-corrected chi connectivity index (χ4v) is 4.85. The van der Waals surface area contributed by atoms with Crippen LogP contribution < -0.4 is 30.4 Å². The molecule has 0 radical (unpaired) electrons. The van der Waals surface area contributed by atoms with Crippen LogP contribution in [0.2, 0.25) is 0 Å². The Labute approximate surface area is 236 Å². The van der Waals surface area contributed by atoms with E-state index in [9.17, 15) is 19.2 Å². The second kappa shape index (κ2) is 12.5. The van der Waals surface area contributed by atoms with Gasteiger partial charge in [0.05, 0.1) is 19.5 Å². The minimum Gasteiger partial charge on any atom is -0.493 e. The van der Waals surface area contributed by atoms with Crippen LogP contribution in [-0.4, -0.2) is 71.5 Å². The molecule has 1 fully saturated rings. The van der Waals surface area contributed by atoms with Gasteiger partial charge in [0.1, 0.15) is 17.4 Å². The minimum absolute atomic E-state index is 0.0758. The van der Waals surface area contributed by atoms with Gasteiger partial charge in [0.25, 0.3) is 17.4 Å². The summed E-state index contributed by atoms with van der Waals surface area (Å²) in [6, 6.07) is 12.1. The molecule has 4 bridgehead atoms. The summed E-state index contributed by atoms with van der Waals surface area (Å²) in [5, 5.41) is 5.88. The number of piperidine rings is 1. The molecule has 0 spiro atoms. The van der Waals surface area contributed by atoms with E-state index in [0.29, 0.717) is 49.6 Å². The summed E-state index contributed by atoms with van der Waals surface area (Å²) in [4.78, 5) is 58.5. The third-order valence-corrected chi connectivity index (χ3v) is 7.06. The third-order valence-electron chi connectivity index (χ3n) is 7.06. The van der Waals surface area contributed by atoms with Crippen molar-refractivity contribution >= 4 is 17.7 Å². The molecule has 1 saturated heterocycles. The number of aromatic amines is 1. The van der Waals surface area contributed by atoms with Gasteiger partial charge in [-0.2, -0.15) is 0 Å². The Morgan fingerprint density at radius 3 is 2.63 bits per heavy atom. The maximum Gasteiger partial charge on any atom is 0.263 e. The molecule has 0 aliphatic carbocycles. The molecule has 8 rings (SSSR count). The monoisotopic (exact) mass is 561 g/mol. The molecule has 2 aromatic carbocycles. The van der Waals surface area contributed by atoms with Gasteiger partial charge < -0.3 is 34.7 Å². The molecule has 5 aliphatic rings. The maximum absolute atomic E-state index is 13.1. The summed E-state index contributed by atoms with van der Waals surface area (Å²) in [6.45, 7) is 0.508. The molecular weight excluding hydrogens is 530 g/mol. The van der Waals surface area contributed by atoms with E-state index in [0.717, 1.165) is 11.1 Å². The van der Waals surface area contributed by atoms with Gasteiger partial charge >= 0.3 is 0 Å². The SMILES string of the molecule is COc1cc2ccc1OCC(=O)N[C@@H]1CN(C(=O)c3cnc[nH]c3=O)CC[C@H]1Oc1ccc(cc1)CNC(=O)CC2. The van der Waals surface area contributed by atoms with E-state index in [1.165, 1.54) is 24.5 Å². The van der Waals surface area contributed by atoms with Gasteiger partial charge in [-0.1, -0.05) is 18.2 Å². The van der Waals surface area contributed by atoms with Crippen molar-refractivity contribution in [3.8, 4) is 17.2 Å². The quantitative estimate of drug-likeness (QED) is 0.422. The Morgan fingerprint density at radius 1 is 1.05 bits per heavy atom. The number of hydrogen-bond donors (Lipinski definition) is 3. The van der Waals surface area contributed by atoms with Gasteiger partial charge in [-0.05, 0) is 41.8 Å². The number of rotatable bonds is 2. The number of amides is 3. The molecule has 6 heterocycles. The van der Waals surface area contributed by atoms with Gasteiger partial charge in [0.2, 0.25) is 5.91 Å². The number of carbonyl (C=O) groups is 3. The number of aromatic nitrogens is 2. The number of benzene rings is 2. The molecule has 12 nitrogen and oxygen atoms in total. The van der Waals surface area contributed by atoms with Crippen molar-refractivity contribution in [2.75, 3.05) is 26.8 Å². The minimum atomic E-state index is -0.589. The van der Waals surface area contributed by atoms with E-state index in [-0.39, 0.29) is 24.6 Å². The molecule has 41 heavy (non-hydrogen) atoms. The normalized spacial score (nSPS) is 19.7. The van der Waals surface area contributed by atoms with Crippen LogP contribution in [-0.2, 0) is 22.6 Å². The van der Waals surface area contributed by atoms with E-state index < -0.39 is 29.5 Å². The zero-order valence-corrected chi connectivity index (χ0v) is 22.6. The number of aryl methyl sites for hydroxylation is 1. The number of H-pyrrole nitrogens is 1. The second-order valence-electron chi connectivity index (χ2n) is 9.86. The number of hydrogen-bond acceptors (Lipinski definition) is 8. The summed E-state index contributed by atoms with van der Waals surface area (Å²) < 4.78 is 17.5. The molecule has 0 unspecified atom stereocenters. The second-order valence-corrected chi connectivity index (χ2v) is 9.86. The zero-order valence-electron chi connectivity index (χ0n) is 22.6. The van der Waals surface area contributed by atoms with E-state index in [1.54, 1.807) is 12.1 Å². The first kappa shape index (κ1) is 27.7. The summed E-state index contributed by atoms with van der Waals surface area (Å²) in [5.41, 5.74) is 1.20. The lowest BCUT2D eigenvalue weighted by Crippen LogP contribution is -2.59. The largest absolute Gasteiger partial charge is 0.493 e. The number of methoxy groups -OCH3 is 1. The fraction of sp³-hybridized carbons (Fsp3) is 0.345. The summed E-state index contributed by atoms with van der Waals surface area (Å²) in [7, 11) is 1.51. The Morgan fingerprint density at radius 2 is 1.85 bits per heavy atom. The number of likely N-dealkylation sites (tertiary alicyclic amines) is 1. The van der Waals surface area contributed by atoms with E-state index >= 15 is 0 Å². The molecule has 3 N–H and O–H groups in total. The summed E-state index contributed by atoms with van der Waals surface area (Å²) >= 11 is 0. The number of nitrogens with one attached hydrogen (secondary N) is 3. The predicted octanol–water partition coefficient (Wildman–Crippen LogP) is 1.20. The Bertz CT molecular complexity index is 1470. The standard InChI is InChI=1S/C29H31N5O7/c1-39-25-12-18-4-8-24(25)40-16-27(36)33-22-15-34(29(38)21-14-30-17-32-28(21)37)11-10-23(22)41-20-6-2-19(3-7-20)13-31-26(35)9-5-18/h2-4,6-8,12,14,17,22-23H,5,9-11,13,15-16H2,1H3,(H,31,35)(H,33,36)(H,30,32,37)/t22-,23-/m1/s1. The molecule has 214 valence electrons. The van der Waals surface area contributed by atoms with Crippen molar-refractivity contribution in [3.63, 3.8) is 0 Å². The smallest absolute Gasteiger partial charge is 0.263 e. The summed E-state index contributed by atoms with van der Waals surface area (Å²) in [5.74, 6) is 0.447. The molecule has 0 saturated carbocycles. The first-order valence-electron chi connectivity index (χ1n) is 13.3. The zero-order chi connectivity index (χ0) is 28.8. The average Bonchev–Trinajstić information content (AvgIpc) is 2.99. The van der Waals surface area contributed by atoms with Crippen LogP contribution in [0.4, 0.5) is 0 Å². The number of carbonyl (C=O) groups excluding carboxylic acids is 3. The van der Waals surface area contributed by atoms with Gasteiger partial charge in [0, 0.05) is 38.7 Å². The van der Waals surface area contributed by atoms with Gasteiger partial charge in [-0.15, -0.1) is 0 Å². The number of nitrogens with zero attached hydrogens (tertiary/aromatic N) is 2. The van der Waals surface area contributed by atoms with Crippen molar-refractivity contribution < 1.29 is 28.6 Å². The van der Waals surface area contributed by atoms with Crippen LogP contribution in [0.3, 0.4) is 0 Å². The lowest BCUT2D eigenvalue weighted by atomic mass is 10.0. The predicted molar refractivity (Wildman–Crippen MR) is 147 cm³/mol. The van der Waals surface area contributed by atoms with Crippen molar-refractivity contribution in [3.05, 3.63) is 82.0 Å². The van der Waals surface area contributed by atoms with Crippen molar-refractivity contribution in [2.45, 2.75) is 38.0 Å². The van der Waals surface area contributed by atoms with Crippen LogP contribution in [0.1, 0.15) is 34.3 Å². The first-order chi connectivity index (χ1) is 19.9. The molecule has 12 heteroatoms. The van der Waals surface area contributed by atoms with Gasteiger partial charge in [-0.25, -0.2) is 4.98 Å². The number of ether oxygens (including phenoxy) is 3. The highest BCUT2D eigenvalue weighted by Gasteiger charge is 2.35. The van der Waals surface area contributed by atoms with Crippen molar-refractivity contribution in [1.82, 2.24) is 25.5 Å². The lowest BCUT2D eigenvalue weighted by Gasteiger charge is -2.38. The van der Waals surface area contributed by atoms with Crippen molar-refractivity contribution in [1.29, 1.82) is 0 Å². The van der Waals surface area contributed by atoms with Crippen LogP contribution in [0.15, 0.2) is 59.8 Å². The van der Waals surface area contributed by atoms with Crippen LogP contribution >= 0.6 is 0 Å². The lowest BCUT2D eigenvalue weighted by molar-refractivity contribution is -0.125. The highest BCUT2D eigenvalue weighted by atomic mass is 16.5. The van der Waals surface area contributed by atoms with Crippen LogP contribution in [0.5, 0.6) is 17.2 Å². The molecule has 3 amide bonds. The Balaban J connectivity index is 1.38. The molecular formula is C29H31N5O7. The average molecular weight is 562 g/mol. The molecule has 3 aromatic rings. The van der Waals surface area contributed by atoms with Crippen LogP contribution in [0.25, 0.3) is 0 Å².